The maximum absolute atomic E-state index is 11.1. The van der Waals surface area contributed by atoms with Crippen LogP contribution in [0.25, 0.3) is 0 Å². The Labute approximate surface area is 196 Å². The lowest BCUT2D eigenvalue weighted by molar-refractivity contribution is -0.107. The number of hydrogen-bond donors (Lipinski definition) is 4. The number of thioether (sulfide) groups is 1. The molecule has 2 saturated heterocycles. The second-order valence-electron chi connectivity index (χ2n) is 7.41. The van der Waals surface area contributed by atoms with Gasteiger partial charge in [-0.3, -0.25) is 0 Å². The van der Waals surface area contributed by atoms with Gasteiger partial charge in [0.05, 0.1) is 64.9 Å². The quantitative estimate of drug-likeness (QED) is 0.116. The molecule has 0 aromatic rings. The first-order chi connectivity index (χ1) is 15.7. The molecule has 0 aromatic heterocycles. The Morgan fingerprint density at radius 3 is 2.22 bits per heavy atom. The van der Waals surface area contributed by atoms with Crippen molar-refractivity contribution in [2.45, 2.75) is 43.0 Å². The van der Waals surface area contributed by atoms with Gasteiger partial charge in [0.15, 0.2) is 0 Å². The highest BCUT2D eigenvalue weighted by Crippen LogP contribution is 2.33. The number of fused-ring (bicyclic) bond motifs is 1. The number of urea groups is 1. The highest BCUT2D eigenvalue weighted by Gasteiger charge is 2.42. The Balaban J connectivity index is 0.000000321. The van der Waals surface area contributed by atoms with E-state index < -0.39 is 0 Å². The van der Waals surface area contributed by atoms with Crippen LogP contribution in [0.4, 0.5) is 4.79 Å². The molecule has 2 heterocycles. The molecule has 0 saturated carbocycles. The first kappa shape index (κ1) is 29.1. The first-order valence-electron chi connectivity index (χ1n) is 11.5. The van der Waals surface area contributed by atoms with Gasteiger partial charge in [-0.25, -0.2) is 4.79 Å². The Bertz CT molecular complexity index is 464. The van der Waals surface area contributed by atoms with Gasteiger partial charge in [0.2, 0.25) is 0 Å². The normalized spacial score (nSPS) is 21.4. The summed E-state index contributed by atoms with van der Waals surface area (Å²) in [5, 5.41) is 9.42. The van der Waals surface area contributed by atoms with Crippen LogP contribution in [0, 0.1) is 0 Å². The highest BCUT2D eigenvalue weighted by atomic mass is 32.2. The van der Waals surface area contributed by atoms with Gasteiger partial charge in [0, 0.05) is 30.5 Å². The van der Waals surface area contributed by atoms with Crippen LogP contribution in [0.5, 0.6) is 0 Å². The number of amides is 2. The lowest BCUT2D eigenvalue weighted by Gasteiger charge is -2.15. The number of hydrogen-bond acceptors (Lipinski definition) is 9. The van der Waals surface area contributed by atoms with Crippen LogP contribution in [0.2, 0.25) is 0 Å². The third-order valence-electron chi connectivity index (χ3n) is 4.87. The summed E-state index contributed by atoms with van der Waals surface area (Å²) in [6.07, 6.45) is 4.79. The topological polar surface area (TPSA) is 133 Å². The third kappa shape index (κ3) is 14.2. The van der Waals surface area contributed by atoms with Crippen molar-refractivity contribution in [2.75, 3.05) is 78.7 Å². The van der Waals surface area contributed by atoms with Gasteiger partial charge in [-0.2, -0.15) is 11.8 Å². The molecule has 2 aliphatic heterocycles. The molecule has 188 valence electrons. The summed E-state index contributed by atoms with van der Waals surface area (Å²) in [5.41, 5.74) is 5.27. The van der Waals surface area contributed by atoms with E-state index in [-0.39, 0.29) is 6.03 Å². The summed E-state index contributed by atoms with van der Waals surface area (Å²) in [4.78, 5) is 21.3. The van der Waals surface area contributed by atoms with Crippen molar-refractivity contribution in [1.82, 2.24) is 16.0 Å². The maximum Gasteiger partial charge on any atom is 0.315 e. The van der Waals surface area contributed by atoms with Crippen LogP contribution in [-0.4, -0.2) is 108 Å². The Morgan fingerprint density at radius 1 is 1.00 bits per heavy atom. The predicted octanol–water partition coefficient (Wildman–Crippen LogP) is 0.142. The van der Waals surface area contributed by atoms with E-state index in [9.17, 15) is 9.59 Å². The van der Waals surface area contributed by atoms with Crippen molar-refractivity contribution in [3.05, 3.63) is 0 Å². The molecule has 3 atom stereocenters. The monoisotopic (exact) mass is 478 g/mol. The fourth-order valence-corrected chi connectivity index (χ4v) is 4.78. The fourth-order valence-electron chi connectivity index (χ4n) is 3.24. The van der Waals surface area contributed by atoms with Crippen LogP contribution in [0.1, 0.15) is 25.7 Å². The number of ether oxygens (including phenoxy) is 4. The molecule has 5 N–H and O–H groups in total. The summed E-state index contributed by atoms with van der Waals surface area (Å²) in [6, 6.07) is 0.598. The van der Waals surface area contributed by atoms with Gasteiger partial charge >= 0.3 is 6.03 Å². The molecule has 2 amide bonds. The third-order valence-corrected chi connectivity index (χ3v) is 6.38. The average molecular weight is 479 g/mol. The number of likely N-dealkylation sites (N-methyl/N-ethyl adjacent to an activating group) is 1. The lowest BCUT2D eigenvalue weighted by Crippen LogP contribution is -2.36. The molecule has 10 nitrogen and oxygen atoms in total. The van der Waals surface area contributed by atoms with Crippen LogP contribution in [0.15, 0.2) is 0 Å². The van der Waals surface area contributed by atoms with Crippen molar-refractivity contribution >= 4 is 24.1 Å². The zero-order valence-corrected chi connectivity index (χ0v) is 20.2. The smallest absolute Gasteiger partial charge is 0.315 e. The lowest BCUT2D eigenvalue weighted by atomic mass is 10.0. The van der Waals surface area contributed by atoms with Crippen LogP contribution < -0.4 is 21.7 Å². The number of nitrogens with two attached hydrogens (primary N) is 1. The molecule has 0 radical (unpaired) electrons. The summed E-state index contributed by atoms with van der Waals surface area (Å²) >= 11 is 1.93. The van der Waals surface area contributed by atoms with E-state index in [4.69, 9.17) is 24.7 Å². The maximum atomic E-state index is 11.1. The summed E-state index contributed by atoms with van der Waals surface area (Å²) < 4.78 is 21.0. The standard InChI is InChI=1S/C11H26N2O4.C10H16N2O2S/c1-13-3-5-15-7-9-17-11-10-16-8-6-14-4-2-12;13-5-3-1-2-4-8-9-7(6-15-8)11-10(14)12-9/h13H,2-12H2,1H3;5,7-9H,1-4,6H2,(H2,11,12,14)/t;7-,8?,9-/m.0/s1. The second-order valence-corrected chi connectivity index (χ2v) is 8.69. The van der Waals surface area contributed by atoms with Gasteiger partial charge in [-0.15, -0.1) is 0 Å². The van der Waals surface area contributed by atoms with E-state index in [1.807, 2.05) is 18.8 Å². The van der Waals surface area contributed by atoms with Crippen LogP contribution in [-0.2, 0) is 23.7 Å². The minimum atomic E-state index is -0.0248. The minimum absolute atomic E-state index is 0.0248. The molecule has 0 aromatic carbocycles. The molecule has 32 heavy (non-hydrogen) atoms. The Kier molecular flexibility index (Phi) is 18.8. The van der Waals surface area contributed by atoms with Gasteiger partial charge in [-0.05, 0) is 19.9 Å². The number of aldehydes is 1. The van der Waals surface area contributed by atoms with Gasteiger partial charge in [0.1, 0.15) is 6.29 Å². The summed E-state index contributed by atoms with van der Waals surface area (Å²) in [5.74, 6) is 1.02. The largest absolute Gasteiger partial charge is 0.378 e. The van der Waals surface area contributed by atoms with Crippen molar-refractivity contribution in [2.24, 2.45) is 5.73 Å². The fraction of sp³-hybridized carbons (Fsp3) is 0.905. The van der Waals surface area contributed by atoms with E-state index in [0.717, 1.165) is 44.5 Å². The predicted molar refractivity (Wildman–Crippen MR) is 126 cm³/mol. The van der Waals surface area contributed by atoms with Gasteiger partial charge in [0.25, 0.3) is 0 Å². The molecule has 11 heteroatoms. The number of rotatable bonds is 19. The molecule has 0 aliphatic carbocycles. The minimum Gasteiger partial charge on any atom is -0.378 e. The number of carbonyl (C=O) groups is 2. The zero-order valence-electron chi connectivity index (χ0n) is 19.4. The van der Waals surface area contributed by atoms with Gasteiger partial charge in [-0.1, -0.05) is 6.42 Å². The van der Waals surface area contributed by atoms with Crippen molar-refractivity contribution in [3.63, 3.8) is 0 Å². The number of carbonyl (C=O) groups excluding carboxylic acids is 2. The summed E-state index contributed by atoms with van der Waals surface area (Å²) in [6.45, 7) is 6.31. The van der Waals surface area contributed by atoms with Crippen molar-refractivity contribution in [3.8, 4) is 0 Å². The average Bonchev–Trinajstić information content (AvgIpc) is 3.34. The molecule has 2 fully saturated rings. The van der Waals surface area contributed by atoms with Crippen molar-refractivity contribution in [1.29, 1.82) is 0 Å². The summed E-state index contributed by atoms with van der Waals surface area (Å²) in [7, 11) is 1.90. The number of unbranched alkanes of at least 4 members (excludes halogenated alkanes) is 2. The molecular formula is C21H42N4O6S. The van der Waals surface area contributed by atoms with E-state index in [0.29, 0.717) is 76.5 Å². The molecule has 1 unspecified atom stereocenters. The van der Waals surface area contributed by atoms with E-state index in [2.05, 4.69) is 16.0 Å². The Hall–Kier alpha value is -0.950. The molecule has 2 aliphatic rings. The van der Waals surface area contributed by atoms with Crippen LogP contribution in [0.3, 0.4) is 0 Å². The SMILES string of the molecule is CNCCOCCOCCOCCOCCN.O=CCCCCC1SC[C@@H]2NC(=O)N[C@H]12. The first-order valence-corrected chi connectivity index (χ1v) is 12.6. The van der Waals surface area contributed by atoms with E-state index in [1.165, 1.54) is 0 Å². The Morgan fingerprint density at radius 2 is 1.62 bits per heavy atom. The molecule has 2 rings (SSSR count). The second kappa shape index (κ2) is 20.6. The van der Waals surface area contributed by atoms with Gasteiger partial charge < -0.3 is 45.4 Å². The zero-order chi connectivity index (χ0) is 23.3. The molecular weight excluding hydrogens is 436 g/mol. The van der Waals surface area contributed by atoms with E-state index in [1.54, 1.807) is 0 Å². The number of nitrogens with one attached hydrogen (secondary N) is 3. The van der Waals surface area contributed by atoms with Crippen LogP contribution >= 0.6 is 11.8 Å². The molecule has 0 spiro atoms. The highest BCUT2D eigenvalue weighted by molar-refractivity contribution is 8.00. The van der Waals surface area contributed by atoms with Crippen molar-refractivity contribution < 1.29 is 28.5 Å². The molecule has 0 bridgehead atoms. The van der Waals surface area contributed by atoms with E-state index >= 15 is 0 Å².